The molecule has 0 aromatic rings. The Balaban J connectivity index is 2.35. The van der Waals surface area contributed by atoms with Gasteiger partial charge in [-0.3, -0.25) is 9.59 Å². The van der Waals surface area contributed by atoms with Crippen LogP contribution in [0.1, 0.15) is 52.9 Å². The molecule has 5 heteroatoms. The van der Waals surface area contributed by atoms with Gasteiger partial charge in [0, 0.05) is 18.4 Å². The molecule has 0 aliphatic carbocycles. The lowest BCUT2D eigenvalue weighted by Crippen LogP contribution is -2.46. The fraction of sp³-hybridized carbons (Fsp3) is 0.875. The van der Waals surface area contributed by atoms with Crippen molar-refractivity contribution in [2.45, 2.75) is 52.9 Å². The molecule has 0 radical (unpaired) electrons. The standard InChI is InChI=1S/C16H30N2O3/c1-12(2)13(4-5-14(19)20)6-9-18-15(21)16(3)7-10-17-11-8-16/h12-13,17H,4-11H2,1-3H3,(H,18,21)(H,19,20). The van der Waals surface area contributed by atoms with Crippen molar-refractivity contribution < 1.29 is 14.7 Å². The summed E-state index contributed by atoms with van der Waals surface area (Å²) in [6.45, 7) is 8.71. The fourth-order valence-corrected chi connectivity index (χ4v) is 2.91. The van der Waals surface area contributed by atoms with Gasteiger partial charge in [-0.25, -0.2) is 0 Å². The predicted molar refractivity (Wildman–Crippen MR) is 83.0 cm³/mol. The minimum absolute atomic E-state index is 0.143. The third kappa shape index (κ3) is 6.04. The van der Waals surface area contributed by atoms with Crippen LogP contribution in [0.3, 0.4) is 0 Å². The van der Waals surface area contributed by atoms with Gasteiger partial charge in [-0.05, 0) is 50.6 Å². The monoisotopic (exact) mass is 298 g/mol. The average Bonchev–Trinajstić information content (AvgIpc) is 2.42. The first-order valence-electron chi connectivity index (χ1n) is 8.06. The van der Waals surface area contributed by atoms with Crippen molar-refractivity contribution in [2.24, 2.45) is 17.3 Å². The Hall–Kier alpha value is -1.10. The zero-order chi connectivity index (χ0) is 15.9. The van der Waals surface area contributed by atoms with E-state index in [1.165, 1.54) is 0 Å². The molecule has 0 bridgehead atoms. The quantitative estimate of drug-likeness (QED) is 0.640. The van der Waals surface area contributed by atoms with Gasteiger partial charge in [0.2, 0.25) is 5.91 Å². The number of nitrogens with one attached hydrogen (secondary N) is 2. The number of carbonyl (C=O) groups excluding carboxylic acids is 1. The largest absolute Gasteiger partial charge is 0.481 e. The Kier molecular flexibility index (Phi) is 7.15. The zero-order valence-electron chi connectivity index (χ0n) is 13.6. The molecule has 3 N–H and O–H groups in total. The highest BCUT2D eigenvalue weighted by Crippen LogP contribution is 2.28. The highest BCUT2D eigenvalue weighted by atomic mass is 16.4. The lowest BCUT2D eigenvalue weighted by atomic mass is 9.80. The molecule has 1 fully saturated rings. The molecule has 1 heterocycles. The van der Waals surface area contributed by atoms with Crippen LogP contribution in [-0.2, 0) is 9.59 Å². The average molecular weight is 298 g/mol. The Labute approximate surface area is 127 Å². The Morgan fingerprint density at radius 1 is 1.24 bits per heavy atom. The molecular weight excluding hydrogens is 268 g/mol. The molecule has 0 spiro atoms. The summed E-state index contributed by atoms with van der Waals surface area (Å²) in [5.74, 6) is 0.189. The van der Waals surface area contributed by atoms with Gasteiger partial charge in [-0.1, -0.05) is 20.8 Å². The van der Waals surface area contributed by atoms with E-state index >= 15 is 0 Å². The molecule has 122 valence electrons. The van der Waals surface area contributed by atoms with Crippen LogP contribution in [0.5, 0.6) is 0 Å². The van der Waals surface area contributed by atoms with Crippen molar-refractivity contribution in [3.05, 3.63) is 0 Å². The molecule has 0 aromatic heterocycles. The van der Waals surface area contributed by atoms with E-state index in [0.717, 1.165) is 32.4 Å². The first-order valence-corrected chi connectivity index (χ1v) is 8.06. The van der Waals surface area contributed by atoms with Crippen LogP contribution < -0.4 is 10.6 Å². The molecule has 21 heavy (non-hydrogen) atoms. The van der Waals surface area contributed by atoms with Crippen LogP contribution in [-0.4, -0.2) is 36.6 Å². The maximum absolute atomic E-state index is 12.3. The van der Waals surface area contributed by atoms with Crippen molar-refractivity contribution in [3.63, 3.8) is 0 Å². The number of hydrogen-bond acceptors (Lipinski definition) is 3. The summed E-state index contributed by atoms with van der Waals surface area (Å²) < 4.78 is 0. The smallest absolute Gasteiger partial charge is 0.303 e. The maximum Gasteiger partial charge on any atom is 0.303 e. The fourth-order valence-electron chi connectivity index (χ4n) is 2.91. The van der Waals surface area contributed by atoms with Crippen molar-refractivity contribution in [2.75, 3.05) is 19.6 Å². The Morgan fingerprint density at radius 3 is 2.38 bits per heavy atom. The van der Waals surface area contributed by atoms with E-state index in [1.807, 2.05) is 6.92 Å². The number of hydrogen-bond donors (Lipinski definition) is 3. The first kappa shape index (κ1) is 18.0. The van der Waals surface area contributed by atoms with Gasteiger partial charge in [0.05, 0.1) is 0 Å². The summed E-state index contributed by atoms with van der Waals surface area (Å²) in [4.78, 5) is 23.0. The van der Waals surface area contributed by atoms with Crippen LogP contribution >= 0.6 is 0 Å². The normalized spacial score (nSPS) is 19.2. The molecule has 1 unspecified atom stereocenters. The summed E-state index contributed by atoms with van der Waals surface area (Å²) in [6, 6.07) is 0. The minimum Gasteiger partial charge on any atom is -0.481 e. The van der Waals surface area contributed by atoms with Crippen LogP contribution in [0.15, 0.2) is 0 Å². The predicted octanol–water partition coefficient (Wildman–Crippen LogP) is 2.02. The van der Waals surface area contributed by atoms with Gasteiger partial charge in [0.15, 0.2) is 0 Å². The van der Waals surface area contributed by atoms with Crippen LogP contribution in [0.4, 0.5) is 0 Å². The van der Waals surface area contributed by atoms with Gasteiger partial charge in [0.25, 0.3) is 0 Å². The number of piperidine rings is 1. The van der Waals surface area contributed by atoms with E-state index in [4.69, 9.17) is 5.11 Å². The lowest BCUT2D eigenvalue weighted by Gasteiger charge is -2.32. The lowest BCUT2D eigenvalue weighted by molar-refractivity contribution is -0.137. The van der Waals surface area contributed by atoms with Gasteiger partial charge in [0.1, 0.15) is 0 Å². The molecule has 0 aromatic carbocycles. The number of rotatable bonds is 8. The van der Waals surface area contributed by atoms with Crippen LogP contribution in [0, 0.1) is 17.3 Å². The van der Waals surface area contributed by atoms with E-state index in [1.54, 1.807) is 0 Å². The molecule has 1 atom stereocenters. The van der Waals surface area contributed by atoms with E-state index in [9.17, 15) is 9.59 Å². The summed E-state index contributed by atoms with van der Waals surface area (Å²) >= 11 is 0. The highest BCUT2D eigenvalue weighted by Gasteiger charge is 2.34. The Bertz CT molecular complexity index is 349. The summed E-state index contributed by atoms with van der Waals surface area (Å²) in [6.07, 6.45) is 3.51. The minimum atomic E-state index is -0.744. The summed E-state index contributed by atoms with van der Waals surface area (Å²) in [7, 11) is 0. The van der Waals surface area contributed by atoms with E-state index in [0.29, 0.717) is 24.8 Å². The van der Waals surface area contributed by atoms with E-state index in [-0.39, 0.29) is 17.7 Å². The summed E-state index contributed by atoms with van der Waals surface area (Å²) in [5, 5.41) is 15.1. The first-order chi connectivity index (χ1) is 9.85. The van der Waals surface area contributed by atoms with Crippen LogP contribution in [0.25, 0.3) is 0 Å². The molecule has 0 saturated carbocycles. The molecule has 1 aliphatic rings. The van der Waals surface area contributed by atoms with Crippen molar-refractivity contribution in [1.29, 1.82) is 0 Å². The highest BCUT2D eigenvalue weighted by molar-refractivity contribution is 5.82. The van der Waals surface area contributed by atoms with Crippen molar-refractivity contribution in [3.8, 4) is 0 Å². The molecule has 1 aliphatic heterocycles. The second kappa shape index (κ2) is 8.37. The number of carboxylic acid groups (broad SMARTS) is 1. The third-order valence-electron chi connectivity index (χ3n) is 4.73. The van der Waals surface area contributed by atoms with Gasteiger partial charge < -0.3 is 15.7 Å². The molecule has 1 saturated heterocycles. The number of carboxylic acids is 1. The zero-order valence-corrected chi connectivity index (χ0v) is 13.6. The molecule has 1 amide bonds. The number of amides is 1. The van der Waals surface area contributed by atoms with Gasteiger partial charge in [-0.15, -0.1) is 0 Å². The number of aliphatic carboxylic acids is 1. The van der Waals surface area contributed by atoms with Crippen LogP contribution in [0.2, 0.25) is 0 Å². The number of carbonyl (C=O) groups is 2. The van der Waals surface area contributed by atoms with Gasteiger partial charge >= 0.3 is 5.97 Å². The second-order valence-corrected chi connectivity index (χ2v) is 6.79. The topological polar surface area (TPSA) is 78.4 Å². The maximum atomic E-state index is 12.3. The second-order valence-electron chi connectivity index (χ2n) is 6.79. The third-order valence-corrected chi connectivity index (χ3v) is 4.73. The molecule has 5 nitrogen and oxygen atoms in total. The molecular formula is C16H30N2O3. The van der Waals surface area contributed by atoms with Gasteiger partial charge in [-0.2, -0.15) is 0 Å². The van der Waals surface area contributed by atoms with Crippen molar-refractivity contribution >= 4 is 11.9 Å². The van der Waals surface area contributed by atoms with E-state index < -0.39 is 5.97 Å². The Morgan fingerprint density at radius 2 is 1.86 bits per heavy atom. The molecule has 1 rings (SSSR count). The van der Waals surface area contributed by atoms with E-state index in [2.05, 4.69) is 24.5 Å². The van der Waals surface area contributed by atoms with Crippen molar-refractivity contribution in [1.82, 2.24) is 10.6 Å². The summed E-state index contributed by atoms with van der Waals surface area (Å²) in [5.41, 5.74) is -0.250. The SMILES string of the molecule is CC(C)C(CCNC(=O)C1(C)CCNCC1)CCC(=O)O.